The van der Waals surface area contributed by atoms with E-state index in [0.29, 0.717) is 0 Å². The van der Waals surface area contributed by atoms with Crippen LogP contribution < -0.4 is 0 Å². The minimum absolute atomic E-state index is 0.470. The monoisotopic (exact) mass is 255 g/mol. The lowest BCUT2D eigenvalue weighted by Gasteiger charge is -2.26. The van der Waals surface area contributed by atoms with Crippen LogP contribution in [0.25, 0.3) is 0 Å². The molecule has 0 aromatic heterocycles. The average molecular weight is 255 g/mol. The van der Waals surface area contributed by atoms with Crippen molar-refractivity contribution in [2.45, 2.75) is 24.7 Å². The fraction of sp³-hybridized carbons (Fsp3) is 1.00. The molecule has 0 fully saturated rings. The minimum atomic E-state index is -5.61. The van der Waals surface area contributed by atoms with Crippen LogP contribution in [0.15, 0.2) is 0 Å². The maximum absolute atomic E-state index is 11.9. The van der Waals surface area contributed by atoms with Gasteiger partial charge in [-0.15, -0.1) is 0 Å². The van der Waals surface area contributed by atoms with Crippen LogP contribution in [0.2, 0.25) is 0 Å². The molecule has 0 saturated heterocycles. The fourth-order valence-electron chi connectivity index (χ4n) is 0.852. The molecule has 1 unspecified atom stereocenters. The average Bonchev–Trinajstić information content (AvgIpc) is 1.94. The van der Waals surface area contributed by atoms with Gasteiger partial charge in [0.25, 0.3) is 6.10 Å². The first-order valence-electron chi connectivity index (χ1n) is 4.06. The number of aliphatic hydroxyl groups is 1. The summed E-state index contributed by atoms with van der Waals surface area (Å²) in [5, 5.41) is 8.85. The van der Waals surface area contributed by atoms with Crippen LogP contribution in [0.4, 0.5) is 26.3 Å². The zero-order valence-corrected chi connectivity index (χ0v) is 8.43. The van der Waals surface area contributed by atoms with Crippen molar-refractivity contribution in [3.63, 3.8) is 0 Å². The Labute approximate surface area is 87.6 Å². The Bertz CT molecular complexity index is 200. The third-order valence-corrected chi connectivity index (χ3v) is 1.41. The third-order valence-electron chi connectivity index (χ3n) is 1.41. The smallest absolute Gasteiger partial charge is 0.367 e. The molecule has 0 aromatic carbocycles. The van der Waals surface area contributed by atoms with E-state index < -0.39 is 31.3 Å². The predicted molar refractivity (Wildman–Crippen MR) is 41.5 cm³/mol. The molecule has 0 rings (SSSR count). The number of alkyl halides is 6. The van der Waals surface area contributed by atoms with Gasteiger partial charge >= 0.3 is 12.4 Å². The highest BCUT2D eigenvalue weighted by Crippen LogP contribution is 2.36. The first kappa shape index (κ1) is 15.5. The fourth-order valence-corrected chi connectivity index (χ4v) is 0.852. The lowest BCUT2D eigenvalue weighted by Crippen LogP contribution is -2.47. The largest absolute Gasteiger partial charge is 0.423 e. The van der Waals surface area contributed by atoms with Crippen LogP contribution in [0.1, 0.15) is 0 Å². The molecule has 0 radical (unpaired) electrons. The molecule has 16 heavy (non-hydrogen) atoms. The van der Waals surface area contributed by atoms with Gasteiger partial charge in [-0.25, -0.2) is 0 Å². The molecule has 1 atom stereocenters. The number of rotatable bonds is 4. The summed E-state index contributed by atoms with van der Waals surface area (Å²) in [7, 11) is 2.73. The van der Waals surface area contributed by atoms with Crippen molar-refractivity contribution in [1.29, 1.82) is 0 Å². The number of ether oxygens (including phenoxy) is 1. The van der Waals surface area contributed by atoms with Crippen LogP contribution >= 0.6 is 0 Å². The van der Waals surface area contributed by atoms with Crippen LogP contribution in [-0.2, 0) is 4.74 Å². The van der Waals surface area contributed by atoms with E-state index in [2.05, 4.69) is 4.74 Å². The van der Waals surface area contributed by atoms with E-state index in [-0.39, 0.29) is 0 Å². The van der Waals surface area contributed by atoms with E-state index in [0.717, 1.165) is 0 Å². The number of likely N-dealkylation sites (N-methyl/N-ethyl adjacent to an activating group) is 1. The van der Waals surface area contributed by atoms with Crippen molar-refractivity contribution in [3.05, 3.63) is 0 Å². The summed E-state index contributed by atoms with van der Waals surface area (Å²) in [6.07, 6.45) is -17.4. The van der Waals surface area contributed by atoms with E-state index in [1.807, 2.05) is 0 Å². The number of hydrogen-bond acceptors (Lipinski definition) is 3. The van der Waals surface area contributed by atoms with E-state index in [9.17, 15) is 26.3 Å². The van der Waals surface area contributed by atoms with Crippen LogP contribution in [0.3, 0.4) is 0 Å². The van der Waals surface area contributed by atoms with Gasteiger partial charge in [0.05, 0.1) is 0 Å². The summed E-state index contributed by atoms with van der Waals surface area (Å²) >= 11 is 0. The molecular weight excluding hydrogens is 244 g/mol. The molecule has 0 aliphatic carbocycles. The van der Waals surface area contributed by atoms with Gasteiger partial charge in [-0.2, -0.15) is 26.3 Å². The van der Waals surface area contributed by atoms with Crippen molar-refractivity contribution in [2.75, 3.05) is 20.6 Å². The Morgan fingerprint density at radius 1 is 1.06 bits per heavy atom. The molecule has 1 N–H and O–H groups in total. The van der Waals surface area contributed by atoms with Gasteiger partial charge in [0, 0.05) is 6.54 Å². The Morgan fingerprint density at radius 2 is 1.44 bits per heavy atom. The number of aliphatic hydroxyl groups excluding tert-OH is 1. The minimum Gasteiger partial charge on any atom is -0.367 e. The van der Waals surface area contributed by atoms with Crippen LogP contribution in [-0.4, -0.2) is 55.4 Å². The summed E-state index contributed by atoms with van der Waals surface area (Å²) in [4.78, 5) is 1.19. The molecule has 0 amide bonds. The summed E-state index contributed by atoms with van der Waals surface area (Å²) in [6.45, 7) is -0.470. The molecule has 0 spiro atoms. The molecule has 0 heterocycles. The second-order valence-corrected chi connectivity index (χ2v) is 3.32. The molecule has 0 aliphatic rings. The lowest BCUT2D eigenvalue weighted by molar-refractivity contribution is -0.349. The molecule has 0 aliphatic heterocycles. The maximum atomic E-state index is 11.9. The molecule has 0 aromatic rings. The second kappa shape index (κ2) is 5.19. The number of halogens is 6. The Hall–Kier alpha value is -0.540. The normalized spacial score (nSPS) is 15.9. The molecule has 9 heteroatoms. The summed E-state index contributed by atoms with van der Waals surface area (Å²) in [5.41, 5.74) is 0. The van der Waals surface area contributed by atoms with Gasteiger partial charge < -0.3 is 14.7 Å². The Balaban J connectivity index is 4.58. The van der Waals surface area contributed by atoms with Crippen LogP contribution in [0.5, 0.6) is 0 Å². The zero-order chi connectivity index (χ0) is 13.1. The van der Waals surface area contributed by atoms with Crippen molar-refractivity contribution >= 4 is 0 Å². The topological polar surface area (TPSA) is 32.7 Å². The van der Waals surface area contributed by atoms with Gasteiger partial charge in [0.1, 0.15) is 0 Å². The lowest BCUT2D eigenvalue weighted by atomic mass is 10.3. The molecule has 0 saturated carbocycles. The zero-order valence-electron chi connectivity index (χ0n) is 8.43. The van der Waals surface area contributed by atoms with Crippen LogP contribution in [0, 0.1) is 0 Å². The quantitative estimate of drug-likeness (QED) is 0.608. The SMILES string of the molecule is CN(C)CC(O)OC(C(F)(F)F)C(F)(F)F. The Kier molecular flexibility index (Phi) is 5.02. The summed E-state index contributed by atoms with van der Waals surface area (Å²) < 4.78 is 75.2. The predicted octanol–water partition coefficient (Wildman–Crippen LogP) is 1.38. The molecule has 98 valence electrons. The van der Waals surface area contributed by atoms with Gasteiger partial charge in [-0.05, 0) is 14.1 Å². The Morgan fingerprint density at radius 3 is 1.69 bits per heavy atom. The molecular formula is C7H11F6NO2. The van der Waals surface area contributed by atoms with E-state index in [4.69, 9.17) is 5.11 Å². The number of hydrogen-bond donors (Lipinski definition) is 1. The third kappa shape index (κ3) is 5.52. The highest BCUT2D eigenvalue weighted by molar-refractivity contribution is 4.76. The standard InChI is InChI=1S/C7H11F6NO2/c1-14(2)3-4(15)16-5(6(8,9)10)7(11,12)13/h4-5,15H,3H2,1-2H3. The van der Waals surface area contributed by atoms with Crippen molar-refractivity contribution in [2.24, 2.45) is 0 Å². The number of nitrogens with zero attached hydrogens (tertiary/aromatic N) is 1. The van der Waals surface area contributed by atoms with Gasteiger partial charge in [-0.3, -0.25) is 0 Å². The van der Waals surface area contributed by atoms with Gasteiger partial charge in [0.15, 0.2) is 6.29 Å². The maximum Gasteiger partial charge on any atom is 0.423 e. The first-order chi connectivity index (χ1) is 6.94. The van der Waals surface area contributed by atoms with E-state index in [1.54, 1.807) is 0 Å². The van der Waals surface area contributed by atoms with E-state index in [1.165, 1.54) is 19.0 Å². The first-order valence-corrected chi connectivity index (χ1v) is 4.06. The van der Waals surface area contributed by atoms with Crippen molar-refractivity contribution < 1.29 is 36.2 Å². The summed E-state index contributed by atoms with van der Waals surface area (Å²) in [5.74, 6) is 0. The van der Waals surface area contributed by atoms with E-state index >= 15 is 0 Å². The second-order valence-electron chi connectivity index (χ2n) is 3.32. The highest BCUT2D eigenvalue weighted by Gasteiger charge is 2.58. The van der Waals surface area contributed by atoms with Gasteiger partial charge in [0.2, 0.25) is 0 Å². The summed E-state index contributed by atoms with van der Waals surface area (Å²) in [6, 6.07) is 0. The molecule has 3 nitrogen and oxygen atoms in total. The van der Waals surface area contributed by atoms with Crippen molar-refractivity contribution in [1.82, 2.24) is 4.90 Å². The molecule has 0 bridgehead atoms. The van der Waals surface area contributed by atoms with Gasteiger partial charge in [-0.1, -0.05) is 0 Å². The van der Waals surface area contributed by atoms with Crippen molar-refractivity contribution in [3.8, 4) is 0 Å². The highest BCUT2D eigenvalue weighted by atomic mass is 19.4.